The molecule has 0 aliphatic rings. The summed E-state index contributed by atoms with van der Waals surface area (Å²) in [4.78, 5) is 11.3. The first-order valence-electron chi connectivity index (χ1n) is 6.23. The summed E-state index contributed by atoms with van der Waals surface area (Å²) in [6.07, 6.45) is 4.34. The normalized spacial score (nSPS) is 13.6. The molecule has 2 N–H and O–H groups in total. The zero-order chi connectivity index (χ0) is 12.6. The van der Waals surface area contributed by atoms with Gasteiger partial charge in [0.2, 0.25) is 0 Å². The van der Waals surface area contributed by atoms with Crippen LogP contribution >= 0.6 is 0 Å². The number of unbranched alkanes of at least 4 members (excludes halogenated alkanes) is 2. The Kier molecular flexibility index (Phi) is 7.34. The molecule has 0 rings (SSSR count). The minimum atomic E-state index is -0.335. The van der Waals surface area contributed by atoms with Gasteiger partial charge in [-0.2, -0.15) is 0 Å². The van der Waals surface area contributed by atoms with Crippen LogP contribution < -0.4 is 5.43 Å². The van der Waals surface area contributed by atoms with Crippen molar-refractivity contribution in [2.45, 2.75) is 52.1 Å². The average molecular weight is 231 g/mol. The molecule has 0 saturated heterocycles. The van der Waals surface area contributed by atoms with Crippen molar-refractivity contribution < 1.29 is 14.5 Å². The second kappa shape index (κ2) is 7.63. The fourth-order valence-electron chi connectivity index (χ4n) is 1.71. The molecule has 96 valence electrons. The predicted octanol–water partition coefficient (Wildman–Crippen LogP) is 1.45. The van der Waals surface area contributed by atoms with E-state index in [2.05, 4.69) is 12.3 Å². The summed E-state index contributed by atoms with van der Waals surface area (Å²) in [6.45, 7) is 4.54. The lowest BCUT2D eigenvalue weighted by molar-refractivity contribution is -0.928. The van der Waals surface area contributed by atoms with Crippen molar-refractivity contribution in [1.82, 2.24) is 5.43 Å². The molecule has 1 atom stereocenters. The van der Waals surface area contributed by atoms with Crippen LogP contribution in [0.1, 0.15) is 46.0 Å². The first kappa shape index (κ1) is 15.4. The first-order valence-corrected chi connectivity index (χ1v) is 6.23. The van der Waals surface area contributed by atoms with E-state index in [1.165, 1.54) is 0 Å². The SMILES string of the molecule is CCCCCC(O)C[N+](C)(C)NC(=O)CC. The van der Waals surface area contributed by atoms with Crippen molar-refractivity contribution >= 4 is 5.91 Å². The average Bonchev–Trinajstić information content (AvgIpc) is 2.16. The molecule has 4 nitrogen and oxygen atoms in total. The van der Waals surface area contributed by atoms with Gasteiger partial charge in [0.05, 0.1) is 14.1 Å². The molecule has 0 aromatic rings. The maximum absolute atomic E-state index is 11.3. The van der Waals surface area contributed by atoms with Gasteiger partial charge in [0.25, 0.3) is 5.91 Å². The van der Waals surface area contributed by atoms with Gasteiger partial charge in [0.1, 0.15) is 12.6 Å². The van der Waals surface area contributed by atoms with Gasteiger partial charge in [0.15, 0.2) is 0 Å². The molecule has 0 aliphatic heterocycles. The number of carbonyl (C=O) groups excluding carboxylic acids is 1. The van der Waals surface area contributed by atoms with Crippen LogP contribution in [-0.4, -0.2) is 42.3 Å². The van der Waals surface area contributed by atoms with Crippen LogP contribution in [0.5, 0.6) is 0 Å². The van der Waals surface area contributed by atoms with Crippen molar-refractivity contribution in [1.29, 1.82) is 0 Å². The Morgan fingerprint density at radius 2 is 1.94 bits per heavy atom. The maximum Gasteiger partial charge on any atom is 0.264 e. The lowest BCUT2D eigenvalue weighted by Gasteiger charge is -2.30. The minimum Gasteiger partial charge on any atom is -0.387 e. The third-order valence-corrected chi connectivity index (χ3v) is 2.56. The summed E-state index contributed by atoms with van der Waals surface area (Å²) < 4.78 is 0.347. The number of amides is 1. The minimum absolute atomic E-state index is 0.0192. The van der Waals surface area contributed by atoms with Crippen LogP contribution in [0.25, 0.3) is 0 Å². The molecule has 0 saturated carbocycles. The number of carbonyl (C=O) groups is 1. The fraction of sp³-hybridized carbons (Fsp3) is 0.917. The van der Waals surface area contributed by atoms with Crippen molar-refractivity contribution in [3.05, 3.63) is 0 Å². The summed E-state index contributed by atoms with van der Waals surface area (Å²) in [5.74, 6) is 0.0192. The van der Waals surface area contributed by atoms with E-state index < -0.39 is 0 Å². The maximum atomic E-state index is 11.3. The topological polar surface area (TPSA) is 49.3 Å². The Balaban J connectivity index is 3.89. The van der Waals surface area contributed by atoms with Gasteiger partial charge in [-0.3, -0.25) is 4.79 Å². The van der Waals surface area contributed by atoms with E-state index in [0.717, 1.165) is 25.7 Å². The summed E-state index contributed by atoms with van der Waals surface area (Å²) >= 11 is 0. The lowest BCUT2D eigenvalue weighted by Crippen LogP contribution is -2.57. The largest absolute Gasteiger partial charge is 0.387 e. The molecule has 0 heterocycles. The molecule has 0 aromatic heterocycles. The molecule has 1 amide bonds. The first-order chi connectivity index (χ1) is 7.41. The van der Waals surface area contributed by atoms with Crippen LogP contribution in [0.2, 0.25) is 0 Å². The van der Waals surface area contributed by atoms with Gasteiger partial charge < -0.3 is 5.11 Å². The van der Waals surface area contributed by atoms with Gasteiger partial charge >= 0.3 is 0 Å². The van der Waals surface area contributed by atoms with E-state index in [9.17, 15) is 9.90 Å². The molecule has 1 unspecified atom stereocenters. The highest BCUT2D eigenvalue weighted by atomic mass is 16.3. The zero-order valence-electron chi connectivity index (χ0n) is 11.1. The van der Waals surface area contributed by atoms with Gasteiger partial charge in [-0.1, -0.05) is 33.1 Å². The molecule has 0 spiro atoms. The van der Waals surface area contributed by atoms with E-state index in [1.54, 1.807) is 0 Å². The van der Waals surface area contributed by atoms with E-state index in [-0.39, 0.29) is 12.0 Å². The lowest BCUT2D eigenvalue weighted by atomic mass is 10.1. The molecule has 0 fully saturated rings. The second-order valence-corrected chi connectivity index (χ2v) is 4.91. The smallest absolute Gasteiger partial charge is 0.264 e. The highest BCUT2D eigenvalue weighted by molar-refractivity contribution is 5.74. The van der Waals surface area contributed by atoms with Crippen LogP contribution in [-0.2, 0) is 4.79 Å². The van der Waals surface area contributed by atoms with Gasteiger partial charge in [-0.15, -0.1) is 0 Å². The van der Waals surface area contributed by atoms with Gasteiger partial charge in [0, 0.05) is 6.42 Å². The van der Waals surface area contributed by atoms with Crippen molar-refractivity contribution in [3.63, 3.8) is 0 Å². The van der Waals surface area contributed by atoms with E-state index in [0.29, 0.717) is 17.6 Å². The zero-order valence-corrected chi connectivity index (χ0v) is 11.1. The third kappa shape index (κ3) is 7.65. The van der Waals surface area contributed by atoms with Crippen LogP contribution in [0.3, 0.4) is 0 Å². The monoisotopic (exact) mass is 231 g/mol. The predicted molar refractivity (Wildman–Crippen MR) is 65.6 cm³/mol. The number of hydrogen-bond donors (Lipinski definition) is 2. The van der Waals surface area contributed by atoms with Crippen molar-refractivity contribution in [2.75, 3.05) is 20.6 Å². The number of nitrogens with one attached hydrogen (secondary N) is 1. The molecule has 0 bridgehead atoms. The number of aliphatic hydroxyl groups excluding tert-OH is 1. The number of quaternary nitrogens is 1. The van der Waals surface area contributed by atoms with Gasteiger partial charge in [-0.05, 0) is 6.42 Å². The second-order valence-electron chi connectivity index (χ2n) is 4.91. The fourth-order valence-corrected chi connectivity index (χ4v) is 1.71. The Morgan fingerprint density at radius 1 is 1.31 bits per heavy atom. The summed E-state index contributed by atoms with van der Waals surface area (Å²) in [6, 6.07) is 0. The summed E-state index contributed by atoms with van der Waals surface area (Å²) in [5.41, 5.74) is 2.87. The molecular weight excluding hydrogens is 204 g/mol. The Morgan fingerprint density at radius 3 is 2.44 bits per heavy atom. The molecule has 16 heavy (non-hydrogen) atoms. The molecule has 4 heteroatoms. The van der Waals surface area contributed by atoms with Crippen LogP contribution in [0.15, 0.2) is 0 Å². The van der Waals surface area contributed by atoms with Crippen LogP contribution in [0, 0.1) is 0 Å². The van der Waals surface area contributed by atoms with Gasteiger partial charge in [-0.25, -0.2) is 10.0 Å². The molecule has 0 aliphatic carbocycles. The molecule has 0 aromatic carbocycles. The van der Waals surface area contributed by atoms with Crippen LogP contribution in [0.4, 0.5) is 0 Å². The van der Waals surface area contributed by atoms with Crippen molar-refractivity contribution in [3.8, 4) is 0 Å². The van der Waals surface area contributed by atoms with E-state index in [1.807, 2.05) is 21.0 Å². The Bertz CT molecular complexity index is 205. The number of aliphatic hydroxyl groups is 1. The molecular formula is C12H27N2O2+. The highest BCUT2D eigenvalue weighted by Crippen LogP contribution is 2.06. The molecule has 0 radical (unpaired) electrons. The summed E-state index contributed by atoms with van der Waals surface area (Å²) in [5, 5.41) is 9.83. The Hall–Kier alpha value is -0.610. The number of hydrogen-bond acceptors (Lipinski definition) is 2. The highest BCUT2D eigenvalue weighted by Gasteiger charge is 2.22. The Labute approximate surface area is 99.2 Å². The number of likely N-dealkylation sites (N-methyl/N-ethyl adjacent to an activating group) is 1. The quantitative estimate of drug-likeness (QED) is 0.377. The van der Waals surface area contributed by atoms with E-state index >= 15 is 0 Å². The summed E-state index contributed by atoms with van der Waals surface area (Å²) in [7, 11) is 3.80. The standard InChI is InChI=1S/C12H26N2O2/c1-5-7-8-9-11(15)10-14(3,4)13-12(16)6-2/h11,15H,5-10H2,1-4H3/p+1. The van der Waals surface area contributed by atoms with E-state index in [4.69, 9.17) is 0 Å². The number of rotatable bonds is 8. The third-order valence-electron chi connectivity index (χ3n) is 2.56. The van der Waals surface area contributed by atoms with Crippen molar-refractivity contribution in [2.24, 2.45) is 0 Å². The number of nitrogens with zero attached hydrogens (tertiary/aromatic N) is 1.